The highest BCUT2D eigenvalue weighted by Crippen LogP contribution is 2.53. The van der Waals surface area contributed by atoms with E-state index in [2.05, 4.69) is 404 Å². The number of rotatable bonds is 6. The van der Waals surface area contributed by atoms with Gasteiger partial charge in [0, 0.05) is 106 Å². The van der Waals surface area contributed by atoms with Crippen molar-refractivity contribution in [1.82, 2.24) is 19.1 Å². The number of benzene rings is 9. The summed E-state index contributed by atoms with van der Waals surface area (Å²) >= 11 is 0. The van der Waals surface area contributed by atoms with Crippen LogP contribution >= 0.6 is 0 Å². The highest BCUT2D eigenvalue weighted by atomic mass is 16.5. The molecule has 13 aromatic rings. The van der Waals surface area contributed by atoms with Crippen molar-refractivity contribution >= 4 is 83.8 Å². The van der Waals surface area contributed by atoms with Crippen molar-refractivity contribution in [2.24, 2.45) is 0 Å². The Hall–Kier alpha value is -9.46. The molecule has 0 fully saturated rings. The van der Waals surface area contributed by atoms with Gasteiger partial charge in [0.15, 0.2) is 0 Å². The third kappa shape index (κ3) is 13.7. The van der Waals surface area contributed by atoms with Crippen LogP contribution in [0.3, 0.4) is 0 Å². The summed E-state index contributed by atoms with van der Waals surface area (Å²) in [4.78, 5) is 13.9. The standard InChI is InChI=1S/C104H120BN5O/c1-95(2,3)65-34-42-81-75(55-65)76-56-66(96(4,5)6)35-43-82(76)108(81)71-38-40-79-85(59-71)110(94-73(63-50-89(101(19,20)21)106-90(51-63)102(22,23)24)32-31-33-74(94)64-52-91(103(25,26)27)107-92(53-64)104(28,29)30)86-48-62(61-46-69(99(13,14)15)54-70(47-61)100(16,17)18)49-88-93(86)105(79)80-41-39-72(60-87(80)111-88)109-83-44-36-67(97(7,8)9)57-77(83)78-58-68(98(10,11)12)37-45-84(78)109/h31-60H,1-30H3. The van der Waals surface area contributed by atoms with Crippen molar-refractivity contribution in [2.45, 2.75) is 262 Å². The lowest BCUT2D eigenvalue weighted by molar-refractivity contribution is 0.487. The minimum Gasteiger partial charge on any atom is -0.458 e. The average molecular weight is 1470 g/mol. The van der Waals surface area contributed by atoms with Crippen LogP contribution in [0.15, 0.2) is 182 Å². The zero-order chi connectivity index (χ0) is 80.3. The van der Waals surface area contributed by atoms with Crippen LogP contribution < -0.4 is 26.0 Å². The Morgan fingerprint density at radius 2 is 0.613 bits per heavy atom. The molecule has 7 heteroatoms. The van der Waals surface area contributed by atoms with E-state index in [-0.39, 0.29) is 60.9 Å². The molecule has 0 N–H and O–H groups in total. The van der Waals surface area contributed by atoms with E-state index in [0.29, 0.717) is 0 Å². The molecule has 6 nitrogen and oxygen atoms in total. The number of pyridine rings is 2. The number of para-hydroxylation sites is 1. The maximum atomic E-state index is 8.00. The fraction of sp³-hybridized carbons (Fsp3) is 0.385. The van der Waals surface area contributed by atoms with Crippen LogP contribution in [-0.4, -0.2) is 25.8 Å². The number of ether oxygens (including phenoxy) is 1. The van der Waals surface area contributed by atoms with Gasteiger partial charge in [-0.05, 0) is 208 Å². The van der Waals surface area contributed by atoms with Crippen LogP contribution in [-0.2, 0) is 54.1 Å². The van der Waals surface area contributed by atoms with E-state index in [9.17, 15) is 0 Å². The Balaban J connectivity index is 1.12. The van der Waals surface area contributed by atoms with Gasteiger partial charge in [0.05, 0.1) is 27.8 Å². The molecule has 6 heterocycles. The molecule has 0 atom stereocenters. The predicted molar refractivity (Wildman–Crippen MR) is 480 cm³/mol. The van der Waals surface area contributed by atoms with Gasteiger partial charge in [-0.2, -0.15) is 0 Å². The van der Waals surface area contributed by atoms with Crippen LogP contribution in [0.5, 0.6) is 11.5 Å². The fourth-order valence-electron chi connectivity index (χ4n) is 16.7. The van der Waals surface area contributed by atoms with Gasteiger partial charge in [0.1, 0.15) is 11.5 Å². The predicted octanol–water partition coefficient (Wildman–Crippen LogP) is 27.1. The second kappa shape index (κ2) is 25.5. The maximum Gasteiger partial charge on any atom is 0.256 e. The van der Waals surface area contributed by atoms with E-state index in [4.69, 9.17) is 14.7 Å². The molecule has 2 aliphatic heterocycles. The van der Waals surface area contributed by atoms with E-state index in [0.717, 1.165) is 107 Å². The summed E-state index contributed by atoms with van der Waals surface area (Å²) in [6.07, 6.45) is 0. The smallest absolute Gasteiger partial charge is 0.256 e. The molecule has 2 aliphatic rings. The van der Waals surface area contributed by atoms with Gasteiger partial charge < -0.3 is 18.8 Å². The van der Waals surface area contributed by atoms with E-state index >= 15 is 0 Å². The second-order valence-electron chi connectivity index (χ2n) is 43.1. The molecule has 4 aromatic heterocycles. The van der Waals surface area contributed by atoms with Gasteiger partial charge in [-0.25, -0.2) is 0 Å². The number of aromatic nitrogens is 4. The van der Waals surface area contributed by atoms with Gasteiger partial charge in [0.25, 0.3) is 6.71 Å². The zero-order valence-corrected chi connectivity index (χ0v) is 72.5. The lowest BCUT2D eigenvalue weighted by Crippen LogP contribution is -2.59. The molecule has 0 unspecified atom stereocenters. The third-order valence-corrected chi connectivity index (χ3v) is 23.9. The largest absolute Gasteiger partial charge is 0.458 e. The Morgan fingerprint density at radius 1 is 0.270 bits per heavy atom. The molecule has 111 heavy (non-hydrogen) atoms. The molecular formula is C104H120BN5O. The van der Waals surface area contributed by atoms with Crippen molar-refractivity contribution in [3.8, 4) is 56.3 Å². The Kier molecular flexibility index (Phi) is 17.7. The molecule has 15 rings (SSSR count). The zero-order valence-electron chi connectivity index (χ0n) is 72.5. The second-order valence-corrected chi connectivity index (χ2v) is 43.1. The monoisotopic (exact) mass is 1470 g/mol. The number of hydrogen-bond acceptors (Lipinski definition) is 4. The van der Waals surface area contributed by atoms with E-state index in [1.54, 1.807) is 0 Å². The lowest BCUT2D eigenvalue weighted by atomic mass is 9.34. The maximum absolute atomic E-state index is 8.00. The number of nitrogens with zero attached hydrogens (tertiary/aromatic N) is 5. The number of fused-ring (bicyclic) bond motifs is 10. The van der Waals surface area contributed by atoms with Gasteiger partial charge >= 0.3 is 0 Å². The van der Waals surface area contributed by atoms with Crippen LogP contribution in [0.2, 0.25) is 0 Å². The third-order valence-electron chi connectivity index (χ3n) is 23.9. The molecule has 0 saturated heterocycles. The van der Waals surface area contributed by atoms with Crippen LogP contribution in [0.25, 0.3) is 88.4 Å². The van der Waals surface area contributed by atoms with Crippen LogP contribution in [0.4, 0.5) is 17.1 Å². The summed E-state index contributed by atoms with van der Waals surface area (Å²) in [6.45, 7) is 69.4. The highest BCUT2D eigenvalue weighted by molar-refractivity contribution is 6.99. The first-order valence-corrected chi connectivity index (χ1v) is 40.8. The Morgan fingerprint density at radius 3 is 0.964 bits per heavy atom. The van der Waals surface area contributed by atoms with Gasteiger partial charge in [-0.15, -0.1) is 0 Å². The molecule has 570 valence electrons. The Bertz CT molecular complexity index is 5640. The average Bonchev–Trinajstić information content (AvgIpc) is 1.24. The van der Waals surface area contributed by atoms with Crippen molar-refractivity contribution in [3.63, 3.8) is 0 Å². The molecule has 0 spiro atoms. The minimum absolute atomic E-state index is 0.0430. The van der Waals surface area contributed by atoms with Gasteiger partial charge in [-0.1, -0.05) is 281 Å². The molecule has 0 aliphatic carbocycles. The molecular weight excluding hydrogens is 1350 g/mol. The molecule has 9 aromatic carbocycles. The normalized spacial score (nSPS) is 14.1. The van der Waals surface area contributed by atoms with Gasteiger partial charge in [0.2, 0.25) is 0 Å². The first-order chi connectivity index (χ1) is 51.3. The van der Waals surface area contributed by atoms with E-state index < -0.39 is 0 Å². The fourth-order valence-corrected chi connectivity index (χ4v) is 16.7. The summed E-state index contributed by atoms with van der Waals surface area (Å²) in [7, 11) is 0. The summed E-state index contributed by atoms with van der Waals surface area (Å²) in [6, 6.07) is 72.3. The topological polar surface area (TPSA) is 48.1 Å². The quantitative estimate of drug-likeness (QED) is 0.156. The van der Waals surface area contributed by atoms with Crippen molar-refractivity contribution in [2.75, 3.05) is 4.90 Å². The van der Waals surface area contributed by atoms with Crippen molar-refractivity contribution in [3.05, 3.63) is 238 Å². The molecule has 0 radical (unpaired) electrons. The first-order valence-electron chi connectivity index (χ1n) is 40.8. The number of hydrogen-bond donors (Lipinski definition) is 0. The minimum atomic E-state index is -0.274. The van der Waals surface area contributed by atoms with Crippen molar-refractivity contribution in [1.29, 1.82) is 0 Å². The summed E-state index contributed by atoms with van der Waals surface area (Å²) in [5.74, 6) is 1.69. The SMILES string of the molecule is CC(C)(C)c1cc(-c2cc3c4c(c2)N(c2c(-c5cc(C(C)(C)C)nc(C(C)(C)C)c5)cccc2-c2cc(C(C)(C)C)nc(C(C)(C)C)c2)c2cc(-n5c6ccc(C(C)(C)C)cc6c6cc(C(C)(C)C)ccc65)ccc2B4c2ccc(-n4c5ccc(C(C)(C)C)cc5c5cc(C(C)(C)C)ccc54)cc2O3)cc(C(C)(C)C)c1. The lowest BCUT2D eigenvalue weighted by Gasteiger charge is -2.42. The summed E-state index contributed by atoms with van der Waals surface area (Å²) in [5, 5.41) is 5.02. The molecule has 0 bridgehead atoms. The van der Waals surface area contributed by atoms with E-state index in [1.165, 1.54) is 82.5 Å². The van der Waals surface area contributed by atoms with E-state index in [1.807, 2.05) is 0 Å². The first kappa shape index (κ1) is 76.9. The van der Waals surface area contributed by atoms with Gasteiger partial charge in [-0.3, -0.25) is 9.97 Å². The molecule has 0 saturated carbocycles. The summed E-state index contributed by atoms with van der Waals surface area (Å²) in [5.41, 5.74) is 30.6. The highest BCUT2D eigenvalue weighted by Gasteiger charge is 2.45. The molecule has 0 amide bonds. The van der Waals surface area contributed by atoms with Crippen LogP contribution in [0.1, 0.15) is 264 Å². The Labute approximate surface area is 664 Å². The van der Waals surface area contributed by atoms with Crippen molar-refractivity contribution < 1.29 is 4.74 Å². The number of anilines is 3. The summed E-state index contributed by atoms with van der Waals surface area (Å²) < 4.78 is 13.0. The van der Waals surface area contributed by atoms with Crippen LogP contribution in [0, 0.1) is 0 Å².